The fourth-order valence-electron chi connectivity index (χ4n) is 1.79. The van der Waals surface area contributed by atoms with E-state index in [2.05, 4.69) is 15.1 Å². The number of anilines is 1. The summed E-state index contributed by atoms with van der Waals surface area (Å²) in [7, 11) is 0. The van der Waals surface area contributed by atoms with Crippen LogP contribution in [0.25, 0.3) is 16.9 Å². The van der Waals surface area contributed by atoms with E-state index in [9.17, 15) is 0 Å². The minimum atomic E-state index is 0.557. The lowest BCUT2D eigenvalue weighted by Crippen LogP contribution is -2.03. The monoisotopic (exact) mass is 225 g/mol. The molecule has 3 rings (SSSR count). The number of fused-ring (bicyclic) bond motifs is 1. The lowest BCUT2D eigenvalue weighted by molar-refractivity contribution is 0.929. The van der Waals surface area contributed by atoms with Gasteiger partial charge in [0.05, 0.1) is 17.0 Å². The molecule has 0 saturated carbocycles. The van der Waals surface area contributed by atoms with Crippen LogP contribution in [-0.2, 0) is 0 Å². The minimum absolute atomic E-state index is 0.557. The van der Waals surface area contributed by atoms with Gasteiger partial charge in [-0.3, -0.25) is 4.98 Å². The van der Waals surface area contributed by atoms with E-state index in [4.69, 9.17) is 5.73 Å². The molecule has 3 heterocycles. The van der Waals surface area contributed by atoms with E-state index in [1.165, 1.54) is 0 Å². The third kappa shape index (κ3) is 1.52. The summed E-state index contributed by atoms with van der Waals surface area (Å²) in [5.74, 6) is 0.557. The van der Waals surface area contributed by atoms with Gasteiger partial charge in [-0.2, -0.15) is 9.61 Å². The van der Waals surface area contributed by atoms with Gasteiger partial charge in [-0.25, -0.2) is 4.98 Å². The van der Waals surface area contributed by atoms with Gasteiger partial charge in [-0.05, 0) is 19.1 Å². The summed E-state index contributed by atoms with van der Waals surface area (Å²) >= 11 is 0. The zero-order valence-electron chi connectivity index (χ0n) is 9.33. The second-order valence-corrected chi connectivity index (χ2v) is 3.83. The predicted molar refractivity (Wildman–Crippen MR) is 65.4 cm³/mol. The molecular formula is C12H11N5. The van der Waals surface area contributed by atoms with Gasteiger partial charge >= 0.3 is 0 Å². The molecule has 0 aromatic carbocycles. The molecule has 17 heavy (non-hydrogen) atoms. The van der Waals surface area contributed by atoms with Crippen molar-refractivity contribution in [2.24, 2.45) is 0 Å². The van der Waals surface area contributed by atoms with Crippen molar-refractivity contribution in [1.29, 1.82) is 0 Å². The smallest absolute Gasteiger partial charge is 0.157 e. The molecule has 0 fully saturated rings. The third-order valence-corrected chi connectivity index (χ3v) is 2.58. The number of aryl methyl sites for hydroxylation is 1. The summed E-state index contributed by atoms with van der Waals surface area (Å²) < 4.78 is 1.64. The molecule has 0 saturated heterocycles. The summed E-state index contributed by atoms with van der Waals surface area (Å²) in [6.45, 7) is 1.91. The Hall–Kier alpha value is -2.43. The van der Waals surface area contributed by atoms with E-state index >= 15 is 0 Å². The number of hydrogen-bond acceptors (Lipinski definition) is 4. The standard InChI is InChI=1S/C12H11N5/c1-8-6-11-15-7-9(12(13)17(11)16-8)10-4-2-3-5-14-10/h2-7H,13H2,1H3. The van der Waals surface area contributed by atoms with Gasteiger partial charge in [0, 0.05) is 18.5 Å². The Morgan fingerprint density at radius 1 is 1.24 bits per heavy atom. The fourth-order valence-corrected chi connectivity index (χ4v) is 1.79. The highest BCUT2D eigenvalue weighted by Crippen LogP contribution is 2.23. The van der Waals surface area contributed by atoms with E-state index in [-0.39, 0.29) is 0 Å². The molecule has 0 radical (unpaired) electrons. The van der Waals surface area contributed by atoms with Gasteiger partial charge in [-0.1, -0.05) is 6.07 Å². The second-order valence-electron chi connectivity index (χ2n) is 3.83. The first kappa shape index (κ1) is 9.77. The van der Waals surface area contributed by atoms with E-state index in [1.807, 2.05) is 31.2 Å². The van der Waals surface area contributed by atoms with Crippen molar-refractivity contribution >= 4 is 11.5 Å². The first-order chi connectivity index (χ1) is 8.25. The lowest BCUT2D eigenvalue weighted by Gasteiger charge is -2.05. The molecule has 2 N–H and O–H groups in total. The number of aromatic nitrogens is 4. The highest BCUT2D eigenvalue weighted by Gasteiger charge is 2.09. The zero-order chi connectivity index (χ0) is 11.8. The number of nitrogens with two attached hydrogens (primary N) is 1. The van der Waals surface area contributed by atoms with Crippen molar-refractivity contribution in [2.75, 3.05) is 5.73 Å². The highest BCUT2D eigenvalue weighted by molar-refractivity contribution is 5.72. The van der Waals surface area contributed by atoms with E-state index in [1.54, 1.807) is 16.9 Å². The van der Waals surface area contributed by atoms with Crippen molar-refractivity contribution in [1.82, 2.24) is 19.6 Å². The fraction of sp³-hybridized carbons (Fsp3) is 0.0833. The Kier molecular flexibility index (Phi) is 2.04. The van der Waals surface area contributed by atoms with Gasteiger partial charge in [-0.15, -0.1) is 0 Å². The van der Waals surface area contributed by atoms with Gasteiger partial charge in [0.1, 0.15) is 5.82 Å². The van der Waals surface area contributed by atoms with Crippen molar-refractivity contribution in [3.63, 3.8) is 0 Å². The van der Waals surface area contributed by atoms with Crippen molar-refractivity contribution in [3.8, 4) is 11.3 Å². The summed E-state index contributed by atoms with van der Waals surface area (Å²) in [4.78, 5) is 8.58. The van der Waals surface area contributed by atoms with Gasteiger partial charge in [0.2, 0.25) is 0 Å². The summed E-state index contributed by atoms with van der Waals surface area (Å²) in [5, 5.41) is 4.30. The van der Waals surface area contributed by atoms with Gasteiger partial charge in [0.15, 0.2) is 5.65 Å². The molecule has 5 nitrogen and oxygen atoms in total. The highest BCUT2D eigenvalue weighted by atomic mass is 15.3. The van der Waals surface area contributed by atoms with Crippen LogP contribution in [0.3, 0.4) is 0 Å². The van der Waals surface area contributed by atoms with Crippen LogP contribution in [0.2, 0.25) is 0 Å². The first-order valence-corrected chi connectivity index (χ1v) is 5.28. The lowest BCUT2D eigenvalue weighted by atomic mass is 10.2. The van der Waals surface area contributed by atoms with Gasteiger partial charge < -0.3 is 5.73 Å². The number of pyridine rings is 1. The normalized spacial score (nSPS) is 10.9. The summed E-state index contributed by atoms with van der Waals surface area (Å²) in [6, 6.07) is 7.57. The number of nitrogen functional groups attached to an aromatic ring is 1. The van der Waals surface area contributed by atoms with E-state index in [0.29, 0.717) is 5.82 Å². The molecule has 0 aliphatic heterocycles. The molecule has 0 aliphatic carbocycles. The maximum absolute atomic E-state index is 6.08. The van der Waals surface area contributed by atoms with Crippen LogP contribution in [0.1, 0.15) is 5.69 Å². The van der Waals surface area contributed by atoms with Crippen LogP contribution in [0.15, 0.2) is 36.7 Å². The average Bonchev–Trinajstić information content (AvgIpc) is 2.72. The molecule has 0 bridgehead atoms. The predicted octanol–water partition coefficient (Wildman–Crippen LogP) is 1.68. The van der Waals surface area contributed by atoms with Crippen molar-refractivity contribution in [3.05, 3.63) is 42.4 Å². The van der Waals surface area contributed by atoms with Gasteiger partial charge in [0.25, 0.3) is 0 Å². The Morgan fingerprint density at radius 3 is 2.88 bits per heavy atom. The zero-order valence-corrected chi connectivity index (χ0v) is 9.33. The van der Waals surface area contributed by atoms with E-state index < -0.39 is 0 Å². The van der Waals surface area contributed by atoms with Crippen LogP contribution >= 0.6 is 0 Å². The largest absolute Gasteiger partial charge is 0.383 e. The van der Waals surface area contributed by atoms with Crippen LogP contribution in [-0.4, -0.2) is 19.6 Å². The molecule has 3 aromatic rings. The van der Waals surface area contributed by atoms with Crippen molar-refractivity contribution in [2.45, 2.75) is 6.92 Å². The number of hydrogen-bond donors (Lipinski definition) is 1. The molecule has 5 heteroatoms. The molecule has 84 valence electrons. The Balaban J connectivity index is 2.28. The topological polar surface area (TPSA) is 69.1 Å². The number of rotatable bonds is 1. The third-order valence-electron chi connectivity index (χ3n) is 2.58. The van der Waals surface area contributed by atoms with Crippen LogP contribution in [0, 0.1) is 6.92 Å². The Bertz CT molecular complexity index is 672. The van der Waals surface area contributed by atoms with Crippen molar-refractivity contribution < 1.29 is 0 Å². The van der Waals surface area contributed by atoms with Crippen LogP contribution in [0.5, 0.6) is 0 Å². The molecule has 0 unspecified atom stereocenters. The molecule has 0 aliphatic rings. The Morgan fingerprint density at radius 2 is 2.12 bits per heavy atom. The molecule has 0 amide bonds. The quantitative estimate of drug-likeness (QED) is 0.684. The Labute approximate surface area is 97.9 Å². The average molecular weight is 225 g/mol. The molecular weight excluding hydrogens is 214 g/mol. The first-order valence-electron chi connectivity index (χ1n) is 5.28. The van der Waals surface area contributed by atoms with E-state index in [0.717, 1.165) is 22.6 Å². The molecule has 0 atom stereocenters. The SMILES string of the molecule is Cc1cc2ncc(-c3ccccn3)c(N)n2n1. The van der Waals surface area contributed by atoms with Crippen LogP contribution in [0.4, 0.5) is 5.82 Å². The number of nitrogens with zero attached hydrogens (tertiary/aromatic N) is 4. The van der Waals surface area contributed by atoms with Crippen LogP contribution < -0.4 is 5.73 Å². The second kappa shape index (κ2) is 3.55. The summed E-state index contributed by atoms with van der Waals surface area (Å²) in [6.07, 6.45) is 3.46. The summed E-state index contributed by atoms with van der Waals surface area (Å²) in [5.41, 5.74) is 9.32. The maximum atomic E-state index is 6.08. The minimum Gasteiger partial charge on any atom is -0.383 e. The maximum Gasteiger partial charge on any atom is 0.157 e. The molecule has 3 aromatic heterocycles. The molecule has 0 spiro atoms.